The van der Waals surface area contributed by atoms with Gasteiger partial charge in [-0.2, -0.15) is 0 Å². The first-order chi connectivity index (χ1) is 14.4. The van der Waals surface area contributed by atoms with Gasteiger partial charge in [-0.25, -0.2) is 19.3 Å². The number of nitrogens with one attached hydrogen (secondary N) is 1. The number of hydrogen-bond donors (Lipinski definition) is 2. The Labute approximate surface area is 181 Å². The quantitative estimate of drug-likeness (QED) is 0.451. The maximum Gasteiger partial charge on any atom is 0.293 e. The van der Waals surface area contributed by atoms with Crippen LogP contribution in [0, 0.1) is 5.82 Å². The Kier molecular flexibility index (Phi) is 4.68. The SMILES string of the molecule is CC(O)c1nc(Br)c(C(=O)N2CCc3[nH]cnc3[C@H]2c2nc3c(F)cccc3s2)o1. The first-order valence-electron chi connectivity index (χ1n) is 9.16. The van der Waals surface area contributed by atoms with Crippen molar-refractivity contribution in [3.63, 3.8) is 0 Å². The largest absolute Gasteiger partial charge is 0.431 e. The van der Waals surface area contributed by atoms with Gasteiger partial charge in [-0.3, -0.25) is 4.79 Å². The van der Waals surface area contributed by atoms with Crippen LogP contribution in [0.2, 0.25) is 0 Å². The fourth-order valence-electron chi connectivity index (χ4n) is 3.55. The maximum atomic E-state index is 14.2. The fourth-order valence-corrected chi connectivity index (χ4v) is 5.08. The smallest absolute Gasteiger partial charge is 0.293 e. The molecule has 0 saturated carbocycles. The lowest BCUT2D eigenvalue weighted by Gasteiger charge is -2.33. The molecule has 3 aromatic heterocycles. The molecule has 4 heterocycles. The first-order valence-corrected chi connectivity index (χ1v) is 10.8. The van der Waals surface area contributed by atoms with Gasteiger partial charge in [0.05, 0.1) is 16.7 Å². The molecule has 0 aliphatic carbocycles. The van der Waals surface area contributed by atoms with E-state index in [1.165, 1.54) is 24.3 Å². The number of H-pyrrole nitrogens is 1. The van der Waals surface area contributed by atoms with Crippen LogP contribution in [0.4, 0.5) is 4.39 Å². The molecule has 1 aliphatic rings. The Hall–Kier alpha value is -2.63. The highest BCUT2D eigenvalue weighted by Gasteiger charge is 2.39. The molecular formula is C19H15BrFN5O3S. The van der Waals surface area contributed by atoms with Crippen LogP contribution in [-0.4, -0.2) is 42.4 Å². The molecule has 4 aromatic rings. The van der Waals surface area contributed by atoms with Gasteiger partial charge in [0.15, 0.2) is 4.60 Å². The summed E-state index contributed by atoms with van der Waals surface area (Å²) in [5, 5.41) is 10.3. The Bertz CT molecular complexity index is 1270. The van der Waals surface area contributed by atoms with Crippen LogP contribution in [-0.2, 0) is 6.42 Å². The molecule has 11 heteroatoms. The number of hydrogen-bond acceptors (Lipinski definition) is 7. The molecule has 0 radical (unpaired) electrons. The second kappa shape index (κ2) is 7.25. The average Bonchev–Trinajstić information content (AvgIpc) is 3.44. The normalized spacial score (nSPS) is 17.3. The summed E-state index contributed by atoms with van der Waals surface area (Å²) in [5.41, 5.74) is 1.84. The van der Waals surface area contributed by atoms with Crippen molar-refractivity contribution in [3.8, 4) is 0 Å². The Morgan fingerprint density at radius 1 is 1.47 bits per heavy atom. The predicted octanol–water partition coefficient (Wildman–Crippen LogP) is 3.75. The van der Waals surface area contributed by atoms with Crippen molar-refractivity contribution >= 4 is 43.4 Å². The highest BCUT2D eigenvalue weighted by molar-refractivity contribution is 9.10. The number of carbonyl (C=O) groups is 1. The number of imidazole rings is 1. The van der Waals surface area contributed by atoms with Gasteiger partial charge in [-0.1, -0.05) is 6.07 Å². The summed E-state index contributed by atoms with van der Waals surface area (Å²) in [5.74, 6) is -0.798. The van der Waals surface area contributed by atoms with E-state index in [1.807, 2.05) is 0 Å². The number of nitrogens with zero attached hydrogens (tertiary/aromatic N) is 4. The minimum atomic E-state index is -0.954. The van der Waals surface area contributed by atoms with Gasteiger partial charge >= 0.3 is 0 Å². The topological polar surface area (TPSA) is 108 Å². The van der Waals surface area contributed by atoms with E-state index in [0.717, 1.165) is 5.69 Å². The zero-order valence-electron chi connectivity index (χ0n) is 15.6. The van der Waals surface area contributed by atoms with E-state index in [-0.39, 0.29) is 21.8 Å². The summed E-state index contributed by atoms with van der Waals surface area (Å²) in [7, 11) is 0. The number of oxazole rings is 1. The van der Waals surface area contributed by atoms with E-state index in [9.17, 15) is 14.3 Å². The average molecular weight is 492 g/mol. The van der Waals surface area contributed by atoms with Crippen LogP contribution in [0.3, 0.4) is 0 Å². The van der Waals surface area contributed by atoms with Crippen molar-refractivity contribution < 1.29 is 18.7 Å². The zero-order chi connectivity index (χ0) is 21.0. The van der Waals surface area contributed by atoms with Gasteiger partial charge < -0.3 is 19.4 Å². The molecule has 5 rings (SSSR count). The number of fused-ring (bicyclic) bond motifs is 2. The molecule has 2 atom stereocenters. The van der Waals surface area contributed by atoms with Gasteiger partial charge in [0.2, 0.25) is 11.7 Å². The summed E-state index contributed by atoms with van der Waals surface area (Å²) in [6.45, 7) is 1.89. The third kappa shape index (κ3) is 3.04. The maximum absolute atomic E-state index is 14.2. The molecule has 0 saturated heterocycles. The second-order valence-corrected chi connectivity index (χ2v) is 8.72. The van der Waals surface area contributed by atoms with Crippen molar-refractivity contribution in [3.05, 3.63) is 63.0 Å². The molecule has 1 unspecified atom stereocenters. The van der Waals surface area contributed by atoms with E-state index in [1.54, 1.807) is 23.4 Å². The van der Waals surface area contributed by atoms with Gasteiger partial charge in [-0.15, -0.1) is 11.3 Å². The Morgan fingerprint density at radius 2 is 2.30 bits per heavy atom. The molecule has 0 fully saturated rings. The molecule has 1 aromatic carbocycles. The van der Waals surface area contributed by atoms with Crippen LogP contribution in [0.15, 0.2) is 33.5 Å². The third-order valence-corrected chi connectivity index (χ3v) is 6.57. The summed E-state index contributed by atoms with van der Waals surface area (Å²) >= 11 is 4.56. The van der Waals surface area contributed by atoms with Crippen LogP contribution in [0.25, 0.3) is 10.2 Å². The number of rotatable bonds is 3. The molecule has 1 aliphatic heterocycles. The molecule has 154 valence electrons. The number of aliphatic hydroxyl groups excluding tert-OH is 1. The van der Waals surface area contributed by atoms with Gasteiger partial charge in [-0.05, 0) is 35.0 Å². The van der Waals surface area contributed by atoms with Crippen molar-refractivity contribution in [1.29, 1.82) is 0 Å². The molecule has 1 amide bonds. The third-order valence-electron chi connectivity index (χ3n) is 4.96. The summed E-state index contributed by atoms with van der Waals surface area (Å²) in [6, 6.07) is 4.18. The minimum absolute atomic E-state index is 0.0119. The van der Waals surface area contributed by atoms with Gasteiger partial charge in [0, 0.05) is 18.7 Å². The summed E-state index contributed by atoms with van der Waals surface area (Å²) in [6.07, 6.45) is 1.20. The van der Waals surface area contributed by atoms with Crippen LogP contribution < -0.4 is 0 Å². The van der Waals surface area contributed by atoms with Crippen molar-refractivity contribution in [2.75, 3.05) is 6.54 Å². The van der Waals surface area contributed by atoms with E-state index < -0.39 is 23.9 Å². The number of carbonyl (C=O) groups excluding carboxylic acids is 1. The standard InChI is InChI=1S/C19H15BrFN5O3S/c1-8(27)17-25-16(20)15(29-17)19(28)26-6-5-10-13(23-7-22-10)14(26)18-24-12-9(21)3-2-4-11(12)30-18/h2-4,7-8,14,27H,5-6H2,1H3,(H,22,23)/t8?,14-/m0/s1. The predicted molar refractivity (Wildman–Crippen MR) is 110 cm³/mol. The lowest BCUT2D eigenvalue weighted by atomic mass is 10.0. The first kappa shape index (κ1) is 19.3. The molecule has 30 heavy (non-hydrogen) atoms. The molecule has 8 nitrogen and oxygen atoms in total. The number of aromatic nitrogens is 4. The van der Waals surface area contributed by atoms with Crippen molar-refractivity contribution in [2.24, 2.45) is 0 Å². The lowest BCUT2D eigenvalue weighted by molar-refractivity contribution is 0.0647. The highest BCUT2D eigenvalue weighted by atomic mass is 79.9. The number of thiazole rings is 1. The van der Waals surface area contributed by atoms with Crippen LogP contribution >= 0.6 is 27.3 Å². The van der Waals surface area contributed by atoms with E-state index in [2.05, 4.69) is 35.9 Å². The fraction of sp³-hybridized carbons (Fsp3) is 0.263. The molecule has 2 N–H and O–H groups in total. The number of aliphatic hydroxyl groups is 1. The highest BCUT2D eigenvalue weighted by Crippen LogP contribution is 2.39. The van der Waals surface area contributed by atoms with E-state index in [0.29, 0.717) is 28.4 Å². The minimum Gasteiger partial charge on any atom is -0.431 e. The Balaban J connectivity index is 1.62. The number of para-hydroxylation sites is 1. The molecule has 0 bridgehead atoms. The molecular weight excluding hydrogens is 477 g/mol. The number of halogens is 2. The lowest BCUT2D eigenvalue weighted by Crippen LogP contribution is -2.40. The zero-order valence-corrected chi connectivity index (χ0v) is 18.0. The van der Waals surface area contributed by atoms with E-state index in [4.69, 9.17) is 4.42 Å². The number of aromatic amines is 1. The second-order valence-electron chi connectivity index (χ2n) is 6.90. The summed E-state index contributed by atoms with van der Waals surface area (Å²) < 4.78 is 20.7. The van der Waals surface area contributed by atoms with E-state index >= 15 is 0 Å². The van der Waals surface area contributed by atoms with Gasteiger partial charge in [0.25, 0.3) is 5.91 Å². The van der Waals surface area contributed by atoms with Crippen molar-refractivity contribution in [2.45, 2.75) is 25.5 Å². The van der Waals surface area contributed by atoms with Crippen molar-refractivity contribution in [1.82, 2.24) is 24.8 Å². The Morgan fingerprint density at radius 3 is 3.03 bits per heavy atom. The number of benzene rings is 1. The summed E-state index contributed by atoms with van der Waals surface area (Å²) in [4.78, 5) is 31.1. The van der Waals surface area contributed by atoms with Crippen LogP contribution in [0.1, 0.15) is 51.9 Å². The monoisotopic (exact) mass is 491 g/mol. The van der Waals surface area contributed by atoms with Crippen LogP contribution in [0.5, 0.6) is 0 Å². The number of amides is 1. The van der Waals surface area contributed by atoms with Gasteiger partial charge in [0.1, 0.15) is 28.5 Å². The molecule has 0 spiro atoms.